The summed E-state index contributed by atoms with van der Waals surface area (Å²) in [4.78, 5) is 26.0. The van der Waals surface area contributed by atoms with Crippen LogP contribution in [-0.2, 0) is 30.9 Å². The first-order valence-corrected chi connectivity index (χ1v) is 12.1. The number of hydrogen-bond acceptors (Lipinski definition) is 4. The monoisotopic (exact) mass is 477 g/mol. The average molecular weight is 478 g/mol. The van der Waals surface area contributed by atoms with E-state index in [0.29, 0.717) is 30.2 Å². The summed E-state index contributed by atoms with van der Waals surface area (Å²) >= 11 is 0. The number of benzene rings is 2. The van der Waals surface area contributed by atoms with Crippen LogP contribution in [0.25, 0.3) is 0 Å². The van der Waals surface area contributed by atoms with Crippen molar-refractivity contribution < 1.29 is 13.9 Å². The zero-order valence-electron chi connectivity index (χ0n) is 19.9. The molecular formula is C28H32FN3O3. The van der Waals surface area contributed by atoms with Crippen LogP contribution in [0.3, 0.4) is 0 Å². The van der Waals surface area contributed by atoms with Crippen molar-refractivity contribution in [1.29, 1.82) is 0 Å². The molecule has 0 aliphatic carbocycles. The Morgan fingerprint density at radius 1 is 1.03 bits per heavy atom. The van der Waals surface area contributed by atoms with E-state index in [4.69, 9.17) is 10.5 Å². The molecular weight excluding hydrogens is 445 g/mol. The van der Waals surface area contributed by atoms with Crippen molar-refractivity contribution in [2.24, 2.45) is 11.7 Å². The number of pyridine rings is 1. The Hall–Kier alpha value is -3.45. The van der Waals surface area contributed by atoms with Crippen LogP contribution in [0.4, 0.5) is 4.39 Å². The highest BCUT2D eigenvalue weighted by atomic mass is 19.1. The first-order chi connectivity index (χ1) is 17.0. The first-order valence-electron chi connectivity index (χ1n) is 12.1. The molecule has 35 heavy (non-hydrogen) atoms. The van der Waals surface area contributed by atoms with Gasteiger partial charge in [0.1, 0.15) is 18.2 Å². The number of nitrogens with two attached hydrogens (primary N) is 1. The molecule has 6 nitrogen and oxygen atoms in total. The maximum Gasteiger partial charge on any atom is 0.254 e. The van der Waals surface area contributed by atoms with E-state index in [1.165, 1.54) is 23.3 Å². The third kappa shape index (κ3) is 7.26. The topological polar surface area (TPSA) is 77.6 Å². The third-order valence-electron chi connectivity index (χ3n) is 6.59. The predicted molar refractivity (Wildman–Crippen MR) is 133 cm³/mol. The fourth-order valence-electron chi connectivity index (χ4n) is 4.49. The summed E-state index contributed by atoms with van der Waals surface area (Å²) in [7, 11) is 0. The number of nitrogens with zero attached hydrogens (tertiary/aromatic N) is 2. The summed E-state index contributed by atoms with van der Waals surface area (Å²) in [6.07, 6.45) is 4.99. The standard InChI is InChI=1S/C28H32FN3O3/c29-26-4-2-1-3-24(26)20-35-25-12-16-32(28(34)18-25)15-11-21-5-7-23(8-6-21)19-31-13-9-22(10-14-31)17-27(30)33/h1-8,12,16,18,22H,9-11,13-15,17,19-20H2,(H2,30,33). The quantitative estimate of drug-likeness (QED) is 0.481. The number of rotatable bonds is 10. The molecule has 0 saturated carbocycles. The number of likely N-dealkylation sites (tertiary alicyclic amines) is 1. The SMILES string of the molecule is NC(=O)CC1CCN(Cc2ccc(CCn3ccc(OCc4ccccc4F)cc3=O)cc2)CC1. The highest BCUT2D eigenvalue weighted by Crippen LogP contribution is 2.22. The first kappa shape index (κ1) is 24.7. The summed E-state index contributed by atoms with van der Waals surface area (Å²) in [6, 6.07) is 18.1. The summed E-state index contributed by atoms with van der Waals surface area (Å²) in [5.74, 6) is 0.321. The van der Waals surface area contributed by atoms with Crippen LogP contribution in [-0.4, -0.2) is 28.5 Å². The Balaban J connectivity index is 1.24. The summed E-state index contributed by atoms with van der Waals surface area (Å²) in [5, 5.41) is 0. The molecule has 0 unspecified atom stereocenters. The van der Waals surface area contributed by atoms with Crippen molar-refractivity contribution in [3.63, 3.8) is 0 Å². The van der Waals surface area contributed by atoms with Gasteiger partial charge in [-0.3, -0.25) is 14.5 Å². The van der Waals surface area contributed by atoms with Crippen molar-refractivity contribution >= 4 is 5.91 Å². The second-order valence-electron chi connectivity index (χ2n) is 9.23. The van der Waals surface area contributed by atoms with Gasteiger partial charge >= 0.3 is 0 Å². The molecule has 1 aliphatic rings. The molecule has 1 amide bonds. The van der Waals surface area contributed by atoms with E-state index in [9.17, 15) is 14.0 Å². The van der Waals surface area contributed by atoms with Gasteiger partial charge in [0.25, 0.3) is 5.56 Å². The lowest BCUT2D eigenvalue weighted by molar-refractivity contribution is -0.119. The predicted octanol–water partition coefficient (Wildman–Crippen LogP) is 3.90. The molecule has 3 aromatic rings. The van der Waals surface area contributed by atoms with Crippen molar-refractivity contribution in [3.8, 4) is 5.75 Å². The number of primary amides is 1. The van der Waals surface area contributed by atoms with Crippen LogP contribution < -0.4 is 16.0 Å². The van der Waals surface area contributed by atoms with Crippen molar-refractivity contribution in [1.82, 2.24) is 9.47 Å². The van der Waals surface area contributed by atoms with Crippen molar-refractivity contribution in [2.45, 2.75) is 45.4 Å². The van der Waals surface area contributed by atoms with E-state index >= 15 is 0 Å². The number of carbonyl (C=O) groups excluding carboxylic acids is 1. The summed E-state index contributed by atoms with van der Waals surface area (Å²) in [5.41, 5.74) is 8.05. The molecule has 1 saturated heterocycles. The van der Waals surface area contributed by atoms with Gasteiger partial charge in [0.15, 0.2) is 0 Å². The van der Waals surface area contributed by atoms with Crippen LogP contribution in [0, 0.1) is 11.7 Å². The van der Waals surface area contributed by atoms with E-state index < -0.39 is 0 Å². The lowest BCUT2D eigenvalue weighted by atomic mass is 9.93. The molecule has 7 heteroatoms. The average Bonchev–Trinajstić information content (AvgIpc) is 2.85. The number of carbonyl (C=O) groups is 1. The molecule has 2 aromatic carbocycles. The van der Waals surface area contributed by atoms with Gasteiger partial charge in [-0.15, -0.1) is 0 Å². The van der Waals surface area contributed by atoms with Gasteiger partial charge in [-0.05, 0) is 61.5 Å². The van der Waals surface area contributed by atoms with E-state index in [1.54, 1.807) is 35.0 Å². The maximum absolute atomic E-state index is 13.7. The molecule has 184 valence electrons. The number of hydrogen-bond donors (Lipinski definition) is 1. The molecule has 0 bridgehead atoms. The third-order valence-corrected chi connectivity index (χ3v) is 6.59. The van der Waals surface area contributed by atoms with Gasteiger partial charge in [-0.1, -0.05) is 42.5 Å². The Bertz CT molecular complexity index is 1180. The lowest BCUT2D eigenvalue weighted by Crippen LogP contribution is -2.34. The molecule has 1 aromatic heterocycles. The smallest absolute Gasteiger partial charge is 0.254 e. The van der Waals surface area contributed by atoms with Crippen LogP contribution in [0.1, 0.15) is 36.0 Å². The normalized spacial score (nSPS) is 14.7. The minimum absolute atomic E-state index is 0.0772. The molecule has 0 radical (unpaired) electrons. The molecule has 0 spiro atoms. The van der Waals surface area contributed by atoms with Gasteiger partial charge in [0.05, 0.1) is 0 Å². The van der Waals surface area contributed by atoms with E-state index in [0.717, 1.165) is 38.9 Å². The van der Waals surface area contributed by atoms with Crippen molar-refractivity contribution in [2.75, 3.05) is 13.1 Å². The van der Waals surface area contributed by atoms with Crippen molar-refractivity contribution in [3.05, 3.63) is 99.7 Å². The number of ether oxygens (including phenoxy) is 1. The molecule has 1 aliphatic heterocycles. The number of aryl methyl sites for hydroxylation is 2. The molecule has 2 heterocycles. The molecule has 1 fully saturated rings. The number of halogens is 1. The summed E-state index contributed by atoms with van der Waals surface area (Å²) < 4.78 is 21.0. The van der Waals surface area contributed by atoms with Gasteiger partial charge in [0.2, 0.25) is 5.91 Å². The highest BCUT2D eigenvalue weighted by molar-refractivity contribution is 5.74. The van der Waals surface area contributed by atoms with Gasteiger partial charge in [-0.2, -0.15) is 0 Å². The minimum atomic E-state index is -0.323. The van der Waals surface area contributed by atoms with Crippen LogP contribution in [0.15, 0.2) is 71.7 Å². The molecule has 2 N–H and O–H groups in total. The minimum Gasteiger partial charge on any atom is -0.489 e. The van der Waals surface area contributed by atoms with E-state index in [2.05, 4.69) is 29.2 Å². The summed E-state index contributed by atoms with van der Waals surface area (Å²) in [6.45, 7) is 3.52. The fourth-order valence-corrected chi connectivity index (χ4v) is 4.49. The van der Waals surface area contributed by atoms with Gasteiger partial charge in [0, 0.05) is 37.3 Å². The largest absolute Gasteiger partial charge is 0.489 e. The number of aromatic nitrogens is 1. The van der Waals surface area contributed by atoms with Crippen LogP contribution >= 0.6 is 0 Å². The maximum atomic E-state index is 13.7. The molecule has 4 rings (SSSR count). The second-order valence-corrected chi connectivity index (χ2v) is 9.23. The Labute approximate surface area is 205 Å². The molecule has 0 atom stereocenters. The lowest BCUT2D eigenvalue weighted by Gasteiger charge is -2.31. The Kier molecular flexibility index (Phi) is 8.32. The van der Waals surface area contributed by atoms with Gasteiger partial charge in [-0.25, -0.2) is 4.39 Å². The van der Waals surface area contributed by atoms with E-state index in [-0.39, 0.29) is 23.9 Å². The zero-order chi connectivity index (χ0) is 24.6. The Morgan fingerprint density at radius 2 is 1.74 bits per heavy atom. The van der Waals surface area contributed by atoms with E-state index in [1.807, 2.05) is 0 Å². The number of piperidine rings is 1. The van der Waals surface area contributed by atoms with Crippen LogP contribution in [0.2, 0.25) is 0 Å². The second kappa shape index (κ2) is 11.8. The fraction of sp³-hybridized carbons (Fsp3) is 0.357. The number of amides is 1. The Morgan fingerprint density at radius 3 is 2.43 bits per heavy atom. The van der Waals surface area contributed by atoms with Crippen LogP contribution in [0.5, 0.6) is 5.75 Å². The van der Waals surface area contributed by atoms with Gasteiger partial charge < -0.3 is 15.0 Å². The highest BCUT2D eigenvalue weighted by Gasteiger charge is 2.20. The zero-order valence-corrected chi connectivity index (χ0v) is 19.9.